The van der Waals surface area contributed by atoms with Crippen molar-refractivity contribution in [2.75, 3.05) is 63.2 Å². The minimum Gasteiger partial charge on any atom is -0.483 e. The molecule has 3 atom stereocenters. The van der Waals surface area contributed by atoms with Crippen molar-refractivity contribution in [3.05, 3.63) is 47.7 Å². The van der Waals surface area contributed by atoms with Gasteiger partial charge in [0, 0.05) is 44.7 Å². The number of amides is 1. The van der Waals surface area contributed by atoms with Gasteiger partial charge in [0.1, 0.15) is 23.8 Å². The molecule has 2 unspecified atom stereocenters. The van der Waals surface area contributed by atoms with Gasteiger partial charge in [-0.15, -0.1) is 0 Å². The topological polar surface area (TPSA) is 98.1 Å². The largest absolute Gasteiger partial charge is 0.483 e. The molecule has 1 aromatic heterocycles. The number of aromatic nitrogens is 2. The van der Waals surface area contributed by atoms with Crippen LogP contribution in [0.3, 0.4) is 0 Å². The van der Waals surface area contributed by atoms with Crippen LogP contribution >= 0.6 is 0 Å². The van der Waals surface area contributed by atoms with Crippen LogP contribution in [-0.2, 0) is 17.6 Å². The molecule has 10 nitrogen and oxygen atoms in total. The zero-order valence-corrected chi connectivity index (χ0v) is 25.0. The minimum atomic E-state index is -0.393. The smallest absolute Gasteiger partial charge is 0.318 e. The molecule has 42 heavy (non-hydrogen) atoms. The van der Waals surface area contributed by atoms with E-state index in [9.17, 15) is 10.1 Å². The summed E-state index contributed by atoms with van der Waals surface area (Å²) in [6.45, 7) is 9.83. The lowest BCUT2D eigenvalue weighted by Crippen LogP contribution is -2.56. The van der Waals surface area contributed by atoms with Crippen LogP contribution in [0.1, 0.15) is 42.5 Å². The fourth-order valence-corrected chi connectivity index (χ4v) is 7.27. The number of carbonyl (C=O) groups excluding carboxylic acids is 1. The van der Waals surface area contributed by atoms with Gasteiger partial charge in [-0.2, -0.15) is 15.2 Å². The predicted octanol–water partition coefficient (Wildman–Crippen LogP) is 3.13. The maximum absolute atomic E-state index is 12.5. The lowest BCUT2D eigenvalue weighted by atomic mass is 9.81. The third kappa shape index (κ3) is 5.26. The first kappa shape index (κ1) is 28.3. The second-order valence-electron chi connectivity index (χ2n) is 12.3. The van der Waals surface area contributed by atoms with E-state index in [1.807, 2.05) is 0 Å². The van der Waals surface area contributed by atoms with Crippen molar-refractivity contribution in [2.24, 2.45) is 0 Å². The summed E-state index contributed by atoms with van der Waals surface area (Å²) in [5, 5.41) is 9.53. The summed E-state index contributed by atoms with van der Waals surface area (Å²) < 4.78 is 13.1. The number of nitriles is 1. The number of likely N-dealkylation sites (tertiary alicyclic amines) is 1. The summed E-state index contributed by atoms with van der Waals surface area (Å²) in [4.78, 5) is 31.2. The van der Waals surface area contributed by atoms with Crippen molar-refractivity contribution in [1.82, 2.24) is 19.8 Å². The van der Waals surface area contributed by atoms with E-state index in [0.29, 0.717) is 44.7 Å². The lowest BCUT2D eigenvalue weighted by molar-refractivity contribution is -0.128. The molecular formula is C32H41N7O3. The van der Waals surface area contributed by atoms with E-state index in [0.717, 1.165) is 60.9 Å². The van der Waals surface area contributed by atoms with Crippen molar-refractivity contribution in [2.45, 2.75) is 63.1 Å². The van der Waals surface area contributed by atoms with Gasteiger partial charge in [-0.05, 0) is 63.9 Å². The van der Waals surface area contributed by atoms with E-state index < -0.39 is 5.60 Å². The molecule has 0 N–H and O–H groups in total. The van der Waals surface area contributed by atoms with Crippen LogP contribution in [0.2, 0.25) is 0 Å². The Morgan fingerprint density at radius 3 is 2.88 bits per heavy atom. The van der Waals surface area contributed by atoms with Gasteiger partial charge in [-0.25, -0.2) is 0 Å². The monoisotopic (exact) mass is 571 g/mol. The van der Waals surface area contributed by atoms with Crippen LogP contribution in [0.15, 0.2) is 30.9 Å². The van der Waals surface area contributed by atoms with E-state index in [1.54, 1.807) is 4.90 Å². The van der Waals surface area contributed by atoms with Gasteiger partial charge in [0.15, 0.2) is 0 Å². The number of carbonyl (C=O) groups is 1. The number of likely N-dealkylation sites (N-methyl/N-ethyl adjacent to an activating group) is 2. The highest BCUT2D eigenvalue weighted by atomic mass is 16.5. The fourth-order valence-electron chi connectivity index (χ4n) is 7.27. The van der Waals surface area contributed by atoms with E-state index in [2.05, 4.69) is 66.6 Å². The van der Waals surface area contributed by atoms with Gasteiger partial charge in [-0.1, -0.05) is 18.7 Å². The minimum absolute atomic E-state index is 0.139. The van der Waals surface area contributed by atoms with Gasteiger partial charge in [0.05, 0.1) is 36.5 Å². The number of ether oxygens (including phenoxy) is 2. The second kappa shape index (κ2) is 11.4. The normalized spacial score (nSPS) is 25.4. The molecule has 0 saturated carbocycles. The fraction of sp³-hybridized carbons (Fsp3) is 0.562. The second-order valence-corrected chi connectivity index (χ2v) is 12.3. The number of nitrogens with zero attached hydrogens (tertiary/aromatic N) is 7. The quantitative estimate of drug-likeness (QED) is 0.485. The highest BCUT2D eigenvalue weighted by molar-refractivity contribution is 5.87. The molecule has 3 aliphatic heterocycles. The summed E-state index contributed by atoms with van der Waals surface area (Å²) in [6.07, 6.45) is 6.14. The molecule has 6 rings (SSSR count). The molecule has 222 valence electrons. The maximum Gasteiger partial charge on any atom is 0.318 e. The van der Waals surface area contributed by atoms with Crippen LogP contribution in [0.5, 0.6) is 11.8 Å². The van der Waals surface area contributed by atoms with Crippen molar-refractivity contribution in [3.8, 4) is 17.8 Å². The third-order valence-corrected chi connectivity index (χ3v) is 9.45. The summed E-state index contributed by atoms with van der Waals surface area (Å²) >= 11 is 0. The van der Waals surface area contributed by atoms with E-state index in [1.165, 1.54) is 18.1 Å². The number of aryl methyl sites for hydroxylation is 1. The van der Waals surface area contributed by atoms with Gasteiger partial charge >= 0.3 is 6.01 Å². The SMILES string of the molecule is C=CC(=O)N1CCN(c2nc(OCC3CCCN3C)nc3c2CC[C@@]2(C3)CN(C)c3c(C)cccc3O2)CC1CC#N. The average Bonchev–Trinajstić information content (AvgIpc) is 3.39. The zero-order chi connectivity index (χ0) is 29.4. The molecule has 1 amide bonds. The van der Waals surface area contributed by atoms with Gasteiger partial charge in [0.2, 0.25) is 5.91 Å². The third-order valence-electron chi connectivity index (χ3n) is 9.45. The molecule has 4 aliphatic rings. The molecular weight excluding hydrogens is 530 g/mol. The van der Waals surface area contributed by atoms with Crippen molar-refractivity contribution >= 4 is 17.4 Å². The van der Waals surface area contributed by atoms with E-state index in [-0.39, 0.29) is 18.4 Å². The maximum atomic E-state index is 12.5. The van der Waals surface area contributed by atoms with Crippen molar-refractivity contribution in [3.63, 3.8) is 0 Å². The first-order valence-corrected chi connectivity index (χ1v) is 15.1. The number of para-hydroxylation sites is 1. The number of rotatable bonds is 6. The summed E-state index contributed by atoms with van der Waals surface area (Å²) in [5.41, 5.74) is 4.05. The Balaban J connectivity index is 1.32. The average molecular weight is 572 g/mol. The molecule has 1 aliphatic carbocycles. The Kier molecular flexibility index (Phi) is 7.71. The first-order chi connectivity index (χ1) is 20.3. The molecule has 1 spiro atoms. The van der Waals surface area contributed by atoms with Gasteiger partial charge in [0.25, 0.3) is 0 Å². The lowest BCUT2D eigenvalue weighted by Gasteiger charge is -2.47. The van der Waals surface area contributed by atoms with Crippen molar-refractivity contribution < 1.29 is 14.3 Å². The summed E-state index contributed by atoms with van der Waals surface area (Å²) in [6, 6.07) is 9.01. The highest BCUT2D eigenvalue weighted by Crippen LogP contribution is 2.44. The Hall–Kier alpha value is -3.84. The van der Waals surface area contributed by atoms with Crippen LogP contribution < -0.4 is 19.3 Å². The number of hydrogen-bond acceptors (Lipinski definition) is 9. The predicted molar refractivity (Wildman–Crippen MR) is 161 cm³/mol. The summed E-state index contributed by atoms with van der Waals surface area (Å²) in [7, 11) is 4.28. The number of fused-ring (bicyclic) bond motifs is 2. The van der Waals surface area contributed by atoms with Crippen LogP contribution in [0.4, 0.5) is 11.5 Å². The zero-order valence-electron chi connectivity index (χ0n) is 25.0. The van der Waals surface area contributed by atoms with Crippen LogP contribution in [0.25, 0.3) is 0 Å². The van der Waals surface area contributed by atoms with E-state index in [4.69, 9.17) is 19.4 Å². The molecule has 1 aromatic carbocycles. The Morgan fingerprint density at radius 2 is 2.12 bits per heavy atom. The number of piperazine rings is 1. The Bertz CT molecular complexity index is 1410. The Labute approximate surface area is 248 Å². The number of anilines is 2. The number of hydrogen-bond donors (Lipinski definition) is 0. The van der Waals surface area contributed by atoms with Crippen LogP contribution in [-0.4, -0.2) is 96.8 Å². The Morgan fingerprint density at radius 1 is 1.26 bits per heavy atom. The van der Waals surface area contributed by atoms with Crippen molar-refractivity contribution in [1.29, 1.82) is 5.26 Å². The summed E-state index contributed by atoms with van der Waals surface area (Å²) in [5.74, 6) is 1.64. The van der Waals surface area contributed by atoms with Gasteiger partial charge in [-0.3, -0.25) is 4.79 Å². The standard InChI is InChI=1S/C32H41N7O3/c1-5-28(40)39-17-16-38(19-23(39)12-14-33)30-25-11-13-32(21-37(4)29-22(2)8-6-10-27(29)42-32)18-26(25)34-31(35-30)41-20-24-9-7-15-36(24)3/h5-6,8,10,23-24H,1,7,9,11-13,15-21H2,2-4H3/t23?,24?,32-/m1/s1. The molecule has 0 bridgehead atoms. The number of benzene rings is 1. The molecule has 10 heteroatoms. The molecule has 2 aromatic rings. The molecule has 0 radical (unpaired) electrons. The molecule has 2 saturated heterocycles. The first-order valence-electron chi connectivity index (χ1n) is 15.1. The molecule has 2 fully saturated rings. The van der Waals surface area contributed by atoms with E-state index >= 15 is 0 Å². The highest BCUT2D eigenvalue weighted by Gasteiger charge is 2.44. The van der Waals surface area contributed by atoms with Gasteiger partial charge < -0.3 is 29.1 Å². The van der Waals surface area contributed by atoms with Crippen LogP contribution in [0, 0.1) is 18.3 Å². The molecule has 4 heterocycles.